The Morgan fingerprint density at radius 2 is 2.04 bits per heavy atom. The maximum Gasteiger partial charge on any atom is 0.230 e. The Morgan fingerprint density at radius 1 is 1.21 bits per heavy atom. The minimum Gasteiger partial charge on any atom is -0.491 e. The van der Waals surface area contributed by atoms with Gasteiger partial charge >= 0.3 is 0 Å². The van der Waals surface area contributed by atoms with Crippen molar-refractivity contribution in [2.45, 2.75) is 38.7 Å². The molecule has 0 aliphatic heterocycles. The van der Waals surface area contributed by atoms with E-state index in [1.54, 1.807) is 18.0 Å². The summed E-state index contributed by atoms with van der Waals surface area (Å²) in [5.74, 6) is 2.01. The summed E-state index contributed by atoms with van der Waals surface area (Å²) < 4.78 is 5.70. The third-order valence-corrected chi connectivity index (χ3v) is 4.28. The van der Waals surface area contributed by atoms with Gasteiger partial charge in [-0.15, -0.1) is 11.8 Å². The minimum atomic E-state index is -0.0522. The molecule has 0 bridgehead atoms. The summed E-state index contributed by atoms with van der Waals surface area (Å²) in [6.45, 7) is 5.98. The Kier molecular flexibility index (Phi) is 7.12. The number of nitrogens with zero attached hydrogens (tertiary/aromatic N) is 1. The van der Waals surface area contributed by atoms with Crippen molar-refractivity contribution in [3.8, 4) is 5.75 Å². The topological polar surface area (TPSA) is 51.2 Å². The number of benzene rings is 1. The fourth-order valence-corrected chi connectivity index (χ4v) is 2.98. The van der Waals surface area contributed by atoms with Crippen molar-refractivity contribution in [3.63, 3.8) is 0 Å². The molecule has 2 rings (SSSR count). The van der Waals surface area contributed by atoms with Gasteiger partial charge in [-0.05, 0) is 50.6 Å². The van der Waals surface area contributed by atoms with Crippen LogP contribution in [0.2, 0.25) is 0 Å². The van der Waals surface area contributed by atoms with Gasteiger partial charge in [0.25, 0.3) is 0 Å². The van der Waals surface area contributed by atoms with Gasteiger partial charge in [0.15, 0.2) is 0 Å². The van der Waals surface area contributed by atoms with E-state index in [4.69, 9.17) is 4.74 Å². The molecule has 0 aliphatic rings. The Morgan fingerprint density at radius 3 is 2.75 bits per heavy atom. The van der Waals surface area contributed by atoms with E-state index in [-0.39, 0.29) is 18.1 Å². The molecule has 5 heteroatoms. The van der Waals surface area contributed by atoms with E-state index in [9.17, 15) is 4.79 Å². The average molecular weight is 344 g/mol. The first-order valence-electron chi connectivity index (χ1n) is 8.08. The quantitative estimate of drug-likeness (QED) is 0.787. The van der Waals surface area contributed by atoms with Gasteiger partial charge in [0.2, 0.25) is 5.91 Å². The molecule has 1 N–H and O–H groups in total. The highest BCUT2D eigenvalue weighted by molar-refractivity contribution is 7.99. The molecule has 0 fully saturated rings. The number of hydrogen-bond donors (Lipinski definition) is 1. The average Bonchev–Trinajstić information content (AvgIpc) is 2.55. The Labute approximate surface area is 148 Å². The Balaban J connectivity index is 1.80. The monoisotopic (exact) mass is 344 g/mol. The van der Waals surface area contributed by atoms with E-state index >= 15 is 0 Å². The number of thioether (sulfide) groups is 1. The molecule has 1 aromatic carbocycles. The van der Waals surface area contributed by atoms with Crippen LogP contribution in [-0.4, -0.2) is 22.7 Å². The van der Waals surface area contributed by atoms with Gasteiger partial charge in [0.1, 0.15) is 5.75 Å². The first-order chi connectivity index (χ1) is 11.5. The van der Waals surface area contributed by atoms with Crippen LogP contribution in [0.3, 0.4) is 0 Å². The summed E-state index contributed by atoms with van der Waals surface area (Å²) in [5.41, 5.74) is 2.03. The molecule has 4 nitrogen and oxygen atoms in total. The molecule has 128 valence electrons. The maximum absolute atomic E-state index is 12.1. The minimum absolute atomic E-state index is 0.0265. The number of pyridine rings is 1. The van der Waals surface area contributed by atoms with Gasteiger partial charge in [-0.2, -0.15) is 0 Å². The second kappa shape index (κ2) is 9.33. The summed E-state index contributed by atoms with van der Waals surface area (Å²) in [6, 6.07) is 13.6. The Bertz CT molecular complexity index is 647. The van der Waals surface area contributed by atoms with Crippen LogP contribution in [0.4, 0.5) is 0 Å². The molecule has 0 saturated carbocycles. The van der Waals surface area contributed by atoms with E-state index < -0.39 is 0 Å². The fourth-order valence-electron chi connectivity index (χ4n) is 2.23. The molecule has 1 amide bonds. The lowest BCUT2D eigenvalue weighted by molar-refractivity contribution is -0.119. The van der Waals surface area contributed by atoms with Gasteiger partial charge < -0.3 is 10.1 Å². The number of amides is 1. The van der Waals surface area contributed by atoms with Crippen LogP contribution in [0.5, 0.6) is 5.75 Å². The van der Waals surface area contributed by atoms with E-state index in [1.807, 2.05) is 63.2 Å². The number of nitrogens with one attached hydrogen (secondary N) is 1. The molecule has 1 heterocycles. The molecule has 1 unspecified atom stereocenters. The summed E-state index contributed by atoms with van der Waals surface area (Å²) >= 11 is 1.56. The largest absolute Gasteiger partial charge is 0.491 e. The number of carbonyl (C=O) groups excluding carboxylic acids is 1. The van der Waals surface area contributed by atoms with Crippen LogP contribution >= 0.6 is 11.8 Å². The lowest BCUT2D eigenvalue weighted by Gasteiger charge is -2.16. The Hall–Kier alpha value is -2.01. The molecule has 0 saturated heterocycles. The highest BCUT2D eigenvalue weighted by Crippen LogP contribution is 2.20. The van der Waals surface area contributed by atoms with Crippen molar-refractivity contribution in [1.82, 2.24) is 10.3 Å². The number of ether oxygens (including phenoxy) is 1. The van der Waals surface area contributed by atoms with Crippen LogP contribution in [-0.2, 0) is 10.5 Å². The lowest BCUT2D eigenvalue weighted by Crippen LogP contribution is -2.28. The number of rotatable bonds is 8. The molecule has 24 heavy (non-hydrogen) atoms. The van der Waals surface area contributed by atoms with E-state index in [0.717, 1.165) is 22.8 Å². The second-order valence-electron chi connectivity index (χ2n) is 5.84. The molecular formula is C19H24N2O2S. The second-order valence-corrected chi connectivity index (χ2v) is 6.83. The van der Waals surface area contributed by atoms with Crippen molar-refractivity contribution >= 4 is 17.7 Å². The molecule has 1 atom stereocenters. The summed E-state index contributed by atoms with van der Waals surface area (Å²) in [6.07, 6.45) is 1.90. The van der Waals surface area contributed by atoms with Crippen LogP contribution in [0.1, 0.15) is 38.1 Å². The molecule has 2 aromatic rings. The zero-order valence-electron chi connectivity index (χ0n) is 14.4. The van der Waals surface area contributed by atoms with Crippen LogP contribution in [0.25, 0.3) is 0 Å². The normalized spacial score (nSPS) is 12.0. The predicted octanol–water partition coefficient (Wildman–Crippen LogP) is 3.98. The number of carbonyl (C=O) groups is 1. The maximum atomic E-state index is 12.1. The van der Waals surface area contributed by atoms with Gasteiger partial charge in [0, 0.05) is 11.9 Å². The van der Waals surface area contributed by atoms with Crippen LogP contribution in [0.15, 0.2) is 48.7 Å². The fraction of sp³-hybridized carbons (Fsp3) is 0.368. The van der Waals surface area contributed by atoms with E-state index in [2.05, 4.69) is 10.3 Å². The predicted molar refractivity (Wildman–Crippen MR) is 99.2 cm³/mol. The zero-order chi connectivity index (χ0) is 17.4. The van der Waals surface area contributed by atoms with E-state index in [0.29, 0.717) is 5.75 Å². The smallest absolute Gasteiger partial charge is 0.230 e. The summed E-state index contributed by atoms with van der Waals surface area (Å²) in [4.78, 5) is 16.3. The van der Waals surface area contributed by atoms with Gasteiger partial charge in [-0.3, -0.25) is 9.78 Å². The first kappa shape index (κ1) is 18.3. The van der Waals surface area contributed by atoms with Crippen molar-refractivity contribution < 1.29 is 9.53 Å². The highest BCUT2D eigenvalue weighted by Gasteiger charge is 2.11. The summed E-state index contributed by atoms with van der Waals surface area (Å²) in [7, 11) is 0. The van der Waals surface area contributed by atoms with Crippen molar-refractivity contribution in [2.24, 2.45) is 0 Å². The molecule has 0 aliphatic carbocycles. The highest BCUT2D eigenvalue weighted by atomic mass is 32.2. The molecular weight excluding hydrogens is 320 g/mol. The molecule has 0 spiro atoms. The van der Waals surface area contributed by atoms with Crippen molar-refractivity contribution in [1.29, 1.82) is 0 Å². The molecule has 1 aromatic heterocycles. The van der Waals surface area contributed by atoms with E-state index in [1.165, 1.54) is 0 Å². The van der Waals surface area contributed by atoms with Crippen LogP contribution < -0.4 is 10.1 Å². The van der Waals surface area contributed by atoms with Crippen molar-refractivity contribution in [2.75, 3.05) is 5.75 Å². The number of aromatic nitrogens is 1. The SMILES string of the molecule is CC(C)Oc1cccc(C(C)NC(=O)CSCc2ccccn2)c1. The lowest BCUT2D eigenvalue weighted by atomic mass is 10.1. The summed E-state index contributed by atoms with van der Waals surface area (Å²) in [5, 5.41) is 3.03. The van der Waals surface area contributed by atoms with Gasteiger partial charge in [-0.1, -0.05) is 18.2 Å². The first-order valence-corrected chi connectivity index (χ1v) is 9.23. The standard InChI is InChI=1S/C19H24N2O2S/c1-14(2)23-18-9-6-7-16(11-18)15(3)21-19(22)13-24-12-17-8-4-5-10-20-17/h4-11,14-15H,12-13H2,1-3H3,(H,21,22). The third kappa shape index (κ3) is 6.24. The number of hydrogen-bond acceptors (Lipinski definition) is 4. The van der Waals surface area contributed by atoms with Gasteiger partial charge in [0.05, 0.1) is 23.6 Å². The third-order valence-electron chi connectivity index (χ3n) is 3.32. The van der Waals surface area contributed by atoms with Gasteiger partial charge in [-0.25, -0.2) is 0 Å². The van der Waals surface area contributed by atoms with Crippen LogP contribution in [0, 0.1) is 0 Å². The molecule has 0 radical (unpaired) electrons. The van der Waals surface area contributed by atoms with Crippen molar-refractivity contribution in [3.05, 3.63) is 59.9 Å². The zero-order valence-corrected chi connectivity index (χ0v) is 15.2.